The maximum atomic E-state index is 11.8. The van der Waals surface area contributed by atoms with Crippen LogP contribution in [0.3, 0.4) is 0 Å². The summed E-state index contributed by atoms with van der Waals surface area (Å²) in [6, 6.07) is 10.7. The molecule has 0 aliphatic carbocycles. The van der Waals surface area contributed by atoms with Crippen molar-refractivity contribution in [2.75, 3.05) is 58.9 Å². The number of amides is 1. The number of rotatable bonds is 7. The first-order valence-electron chi connectivity index (χ1n) is 8.64. The number of nitrogens with zero attached hydrogens (tertiary/aromatic N) is 3. The minimum Gasteiger partial charge on any atom is -0.383 e. The molecule has 146 valence electrons. The second-order valence-electron chi connectivity index (χ2n) is 6.28. The summed E-state index contributed by atoms with van der Waals surface area (Å²) in [6.07, 6.45) is 1.03. The van der Waals surface area contributed by atoms with E-state index in [4.69, 9.17) is 4.74 Å². The number of guanidine groups is 1. The third-order valence-corrected chi connectivity index (χ3v) is 4.12. The lowest BCUT2D eigenvalue weighted by atomic mass is 10.3. The van der Waals surface area contributed by atoms with Gasteiger partial charge in [0.15, 0.2) is 5.96 Å². The van der Waals surface area contributed by atoms with Crippen LogP contribution in [0.5, 0.6) is 0 Å². The molecule has 0 saturated carbocycles. The van der Waals surface area contributed by atoms with Gasteiger partial charge in [0.1, 0.15) is 6.54 Å². The second-order valence-corrected chi connectivity index (χ2v) is 6.28. The summed E-state index contributed by atoms with van der Waals surface area (Å²) < 4.78 is 5.07. The zero-order valence-electron chi connectivity index (χ0n) is 15.8. The SMILES string of the molecule is COCCNC(=NCC(=O)N(C)C)NC1CCN(c2ccccc2)C1.I. The largest absolute Gasteiger partial charge is 0.383 e. The van der Waals surface area contributed by atoms with E-state index >= 15 is 0 Å². The molecule has 1 amide bonds. The first-order valence-corrected chi connectivity index (χ1v) is 8.64. The zero-order valence-corrected chi connectivity index (χ0v) is 18.1. The fourth-order valence-electron chi connectivity index (χ4n) is 2.66. The van der Waals surface area contributed by atoms with E-state index in [-0.39, 0.29) is 36.4 Å². The van der Waals surface area contributed by atoms with Crippen molar-refractivity contribution in [2.45, 2.75) is 12.5 Å². The Morgan fingerprint density at radius 2 is 2.08 bits per heavy atom. The molecule has 1 aromatic carbocycles. The molecular weight excluding hydrogens is 445 g/mol. The summed E-state index contributed by atoms with van der Waals surface area (Å²) in [5.41, 5.74) is 1.24. The molecule has 1 aliphatic heterocycles. The highest BCUT2D eigenvalue weighted by molar-refractivity contribution is 14.0. The summed E-state index contributed by atoms with van der Waals surface area (Å²) >= 11 is 0. The molecule has 1 saturated heterocycles. The van der Waals surface area contributed by atoms with Crippen molar-refractivity contribution < 1.29 is 9.53 Å². The van der Waals surface area contributed by atoms with Gasteiger partial charge in [-0.05, 0) is 18.6 Å². The van der Waals surface area contributed by atoms with Gasteiger partial charge in [0.25, 0.3) is 0 Å². The summed E-state index contributed by atoms with van der Waals surface area (Å²) in [6.45, 7) is 3.28. The smallest absolute Gasteiger partial charge is 0.243 e. The average Bonchev–Trinajstić information content (AvgIpc) is 3.08. The quantitative estimate of drug-likeness (QED) is 0.268. The van der Waals surface area contributed by atoms with Crippen LogP contribution in [0.25, 0.3) is 0 Å². The number of hydrogen-bond donors (Lipinski definition) is 2. The van der Waals surface area contributed by atoms with Crippen molar-refractivity contribution in [3.63, 3.8) is 0 Å². The van der Waals surface area contributed by atoms with Crippen LogP contribution in [-0.2, 0) is 9.53 Å². The number of carbonyl (C=O) groups excluding carboxylic acids is 1. The number of halogens is 1. The monoisotopic (exact) mass is 475 g/mol. The van der Waals surface area contributed by atoms with E-state index in [0.29, 0.717) is 25.2 Å². The Labute approximate surface area is 173 Å². The Kier molecular flexibility index (Phi) is 10.3. The maximum absolute atomic E-state index is 11.8. The maximum Gasteiger partial charge on any atom is 0.243 e. The number of para-hydroxylation sites is 1. The van der Waals surface area contributed by atoms with Crippen LogP contribution in [0.2, 0.25) is 0 Å². The van der Waals surface area contributed by atoms with Crippen molar-refractivity contribution in [3.8, 4) is 0 Å². The molecule has 0 aromatic heterocycles. The van der Waals surface area contributed by atoms with Gasteiger partial charge in [-0.1, -0.05) is 18.2 Å². The van der Waals surface area contributed by atoms with Crippen LogP contribution in [0.1, 0.15) is 6.42 Å². The van der Waals surface area contributed by atoms with Gasteiger partial charge < -0.3 is 25.2 Å². The van der Waals surface area contributed by atoms with E-state index in [0.717, 1.165) is 19.5 Å². The highest BCUT2D eigenvalue weighted by atomic mass is 127. The number of carbonyl (C=O) groups is 1. The first-order chi connectivity index (χ1) is 12.1. The van der Waals surface area contributed by atoms with E-state index in [1.807, 2.05) is 6.07 Å². The van der Waals surface area contributed by atoms with E-state index in [9.17, 15) is 4.79 Å². The topological polar surface area (TPSA) is 69.2 Å². The predicted octanol–water partition coefficient (Wildman–Crippen LogP) is 1.15. The standard InChI is InChI=1S/C18H29N5O2.HI/c1-22(2)17(24)13-20-18(19-10-12-25-3)21-15-9-11-23(14-15)16-7-5-4-6-8-16;/h4-8,15H,9-14H2,1-3H3,(H2,19,20,21);1H. The van der Waals surface area contributed by atoms with Crippen LogP contribution in [-0.4, -0.2) is 76.8 Å². The molecule has 0 bridgehead atoms. The minimum absolute atomic E-state index is 0. The van der Waals surface area contributed by atoms with Crippen LogP contribution in [0, 0.1) is 0 Å². The van der Waals surface area contributed by atoms with E-state index in [1.165, 1.54) is 5.69 Å². The van der Waals surface area contributed by atoms with Crippen molar-refractivity contribution in [1.29, 1.82) is 0 Å². The van der Waals surface area contributed by atoms with Gasteiger partial charge in [-0.2, -0.15) is 0 Å². The molecule has 1 aliphatic rings. The summed E-state index contributed by atoms with van der Waals surface area (Å²) in [5.74, 6) is 0.636. The fourth-order valence-corrected chi connectivity index (χ4v) is 2.66. The molecule has 1 atom stereocenters. The van der Waals surface area contributed by atoms with Gasteiger partial charge in [0.2, 0.25) is 5.91 Å². The number of hydrogen-bond acceptors (Lipinski definition) is 4. The number of aliphatic imine (C=N–C) groups is 1. The molecule has 8 heteroatoms. The highest BCUT2D eigenvalue weighted by Gasteiger charge is 2.23. The summed E-state index contributed by atoms with van der Waals surface area (Å²) in [4.78, 5) is 20.1. The van der Waals surface area contributed by atoms with Crippen LogP contribution in [0.15, 0.2) is 35.3 Å². The summed E-state index contributed by atoms with van der Waals surface area (Å²) in [5, 5.41) is 6.66. The molecule has 1 heterocycles. The van der Waals surface area contributed by atoms with E-state index in [1.54, 1.807) is 26.1 Å². The number of nitrogens with one attached hydrogen (secondary N) is 2. The molecule has 1 fully saturated rings. The number of anilines is 1. The van der Waals surface area contributed by atoms with E-state index < -0.39 is 0 Å². The van der Waals surface area contributed by atoms with Gasteiger partial charge in [-0.25, -0.2) is 4.99 Å². The molecule has 1 aromatic rings. The Morgan fingerprint density at radius 1 is 1.35 bits per heavy atom. The third kappa shape index (κ3) is 7.36. The first kappa shape index (κ1) is 22.5. The average molecular weight is 475 g/mol. The van der Waals surface area contributed by atoms with Crippen LogP contribution in [0.4, 0.5) is 5.69 Å². The fraction of sp³-hybridized carbons (Fsp3) is 0.556. The molecular formula is C18H30IN5O2. The predicted molar refractivity (Wildman–Crippen MR) is 116 cm³/mol. The van der Waals surface area contributed by atoms with Gasteiger partial charge >= 0.3 is 0 Å². The van der Waals surface area contributed by atoms with Crippen LogP contribution >= 0.6 is 24.0 Å². The molecule has 2 rings (SSSR count). The van der Waals surface area contributed by atoms with Gasteiger partial charge in [0, 0.05) is 52.6 Å². The Balaban J connectivity index is 0.00000338. The second kappa shape index (κ2) is 11.9. The lowest BCUT2D eigenvalue weighted by Crippen LogP contribution is -2.46. The van der Waals surface area contributed by atoms with Crippen molar-refractivity contribution in [3.05, 3.63) is 30.3 Å². The lowest BCUT2D eigenvalue weighted by Gasteiger charge is -2.20. The molecule has 1 unspecified atom stereocenters. The van der Waals surface area contributed by atoms with Crippen molar-refractivity contribution in [1.82, 2.24) is 15.5 Å². The zero-order chi connectivity index (χ0) is 18.1. The molecule has 2 N–H and O–H groups in total. The van der Waals surface area contributed by atoms with E-state index in [2.05, 4.69) is 44.8 Å². The highest BCUT2D eigenvalue weighted by Crippen LogP contribution is 2.19. The van der Waals surface area contributed by atoms with Gasteiger partial charge in [-0.3, -0.25) is 4.79 Å². The van der Waals surface area contributed by atoms with Crippen LogP contribution < -0.4 is 15.5 Å². The number of likely N-dealkylation sites (N-methyl/N-ethyl adjacent to an activating group) is 1. The van der Waals surface area contributed by atoms with Crippen molar-refractivity contribution >= 4 is 41.5 Å². The molecule has 7 nitrogen and oxygen atoms in total. The lowest BCUT2D eigenvalue weighted by molar-refractivity contribution is -0.127. The van der Waals surface area contributed by atoms with Gasteiger partial charge in [-0.15, -0.1) is 24.0 Å². The van der Waals surface area contributed by atoms with Crippen molar-refractivity contribution in [2.24, 2.45) is 4.99 Å². The Bertz CT molecular complexity index is 568. The normalized spacial score (nSPS) is 16.8. The minimum atomic E-state index is -0.0230. The Morgan fingerprint density at radius 3 is 2.73 bits per heavy atom. The summed E-state index contributed by atoms with van der Waals surface area (Å²) in [7, 11) is 5.13. The number of ether oxygens (including phenoxy) is 1. The number of methoxy groups -OCH3 is 1. The van der Waals surface area contributed by atoms with Gasteiger partial charge in [0.05, 0.1) is 6.61 Å². The molecule has 0 spiro atoms. The third-order valence-electron chi connectivity index (χ3n) is 4.12. The number of benzene rings is 1. The molecule has 26 heavy (non-hydrogen) atoms. The molecule has 0 radical (unpaired) electrons. The Hall–Kier alpha value is -1.55.